The molecule has 34 heavy (non-hydrogen) atoms. The molecular formula is C25H31N5O3S. The van der Waals surface area contributed by atoms with Crippen LogP contribution in [-0.2, 0) is 10.0 Å². The molecule has 9 heteroatoms. The third-order valence-electron chi connectivity index (χ3n) is 6.86. The zero-order valence-electron chi connectivity index (χ0n) is 19.6. The SMILES string of the molecule is CN(C1CCCCC1)S(=O)(=O)c1ccc(C(=O)N2CCCN(c3ncccc3C#N)CC2)cc1. The van der Waals surface area contributed by atoms with E-state index in [2.05, 4.69) is 11.1 Å². The van der Waals surface area contributed by atoms with Gasteiger partial charge in [0.1, 0.15) is 11.9 Å². The molecule has 0 atom stereocenters. The molecular weight excluding hydrogens is 450 g/mol. The number of sulfonamides is 1. The van der Waals surface area contributed by atoms with Crippen molar-refractivity contribution in [2.45, 2.75) is 49.5 Å². The molecule has 1 saturated carbocycles. The minimum absolute atomic E-state index is 0.0424. The lowest BCUT2D eigenvalue weighted by Crippen LogP contribution is -2.38. The van der Waals surface area contributed by atoms with E-state index in [0.29, 0.717) is 43.1 Å². The van der Waals surface area contributed by atoms with Gasteiger partial charge in [-0.05, 0) is 55.7 Å². The van der Waals surface area contributed by atoms with Gasteiger partial charge in [-0.1, -0.05) is 19.3 Å². The first-order chi connectivity index (χ1) is 16.4. The highest BCUT2D eigenvalue weighted by Gasteiger charge is 2.29. The zero-order valence-corrected chi connectivity index (χ0v) is 20.4. The van der Waals surface area contributed by atoms with E-state index in [0.717, 1.165) is 38.5 Å². The topological polar surface area (TPSA) is 97.6 Å². The van der Waals surface area contributed by atoms with E-state index in [-0.39, 0.29) is 16.8 Å². The summed E-state index contributed by atoms with van der Waals surface area (Å²) in [5, 5.41) is 9.37. The van der Waals surface area contributed by atoms with E-state index in [1.807, 2.05) is 4.90 Å². The summed E-state index contributed by atoms with van der Waals surface area (Å²) in [5.41, 5.74) is 1.00. The molecule has 4 rings (SSSR count). The maximum absolute atomic E-state index is 13.1. The maximum Gasteiger partial charge on any atom is 0.253 e. The van der Waals surface area contributed by atoms with E-state index in [1.54, 1.807) is 54.5 Å². The van der Waals surface area contributed by atoms with Crippen molar-refractivity contribution in [3.05, 3.63) is 53.7 Å². The summed E-state index contributed by atoms with van der Waals surface area (Å²) in [6.07, 6.45) is 7.50. The standard InChI is InChI=1S/C25H31N5O3S/c1-28(22-8-3-2-4-9-22)34(32,33)23-12-10-20(11-13-23)25(31)30-16-6-15-29(17-18-30)24-21(19-26)7-5-14-27-24/h5,7,10-14,22H,2-4,6,8-9,15-18H2,1H3. The van der Waals surface area contributed by atoms with Crippen molar-refractivity contribution in [3.8, 4) is 6.07 Å². The molecule has 0 N–H and O–H groups in total. The predicted molar refractivity (Wildman–Crippen MR) is 130 cm³/mol. The monoisotopic (exact) mass is 481 g/mol. The largest absolute Gasteiger partial charge is 0.354 e. The first-order valence-corrected chi connectivity index (χ1v) is 13.3. The molecule has 8 nitrogen and oxygen atoms in total. The molecule has 2 aromatic rings. The highest BCUT2D eigenvalue weighted by atomic mass is 32.2. The van der Waals surface area contributed by atoms with Crippen molar-refractivity contribution in [1.82, 2.24) is 14.2 Å². The number of amides is 1. The highest BCUT2D eigenvalue weighted by molar-refractivity contribution is 7.89. The Kier molecular flexibility index (Phi) is 7.49. The summed E-state index contributed by atoms with van der Waals surface area (Å²) < 4.78 is 27.7. The van der Waals surface area contributed by atoms with Gasteiger partial charge in [0.25, 0.3) is 5.91 Å². The van der Waals surface area contributed by atoms with Crippen LogP contribution in [0.25, 0.3) is 0 Å². The van der Waals surface area contributed by atoms with Crippen molar-refractivity contribution >= 4 is 21.7 Å². The molecule has 0 radical (unpaired) electrons. The summed E-state index contributed by atoms with van der Waals surface area (Å²) in [6, 6.07) is 12.0. The fourth-order valence-electron chi connectivity index (χ4n) is 4.83. The van der Waals surface area contributed by atoms with E-state index in [4.69, 9.17) is 0 Å². The average molecular weight is 482 g/mol. The van der Waals surface area contributed by atoms with E-state index in [1.165, 1.54) is 4.31 Å². The lowest BCUT2D eigenvalue weighted by molar-refractivity contribution is 0.0767. The van der Waals surface area contributed by atoms with Crippen LogP contribution in [0.2, 0.25) is 0 Å². The zero-order chi connectivity index (χ0) is 24.1. The van der Waals surface area contributed by atoms with Gasteiger partial charge in [-0.15, -0.1) is 0 Å². The van der Waals surface area contributed by atoms with Gasteiger partial charge in [-0.25, -0.2) is 13.4 Å². The van der Waals surface area contributed by atoms with Crippen LogP contribution in [0.3, 0.4) is 0 Å². The van der Waals surface area contributed by atoms with Gasteiger partial charge >= 0.3 is 0 Å². The van der Waals surface area contributed by atoms with Gasteiger partial charge in [0, 0.05) is 51.0 Å². The van der Waals surface area contributed by atoms with Crippen LogP contribution in [0, 0.1) is 11.3 Å². The van der Waals surface area contributed by atoms with Crippen LogP contribution in [0.5, 0.6) is 0 Å². The minimum Gasteiger partial charge on any atom is -0.354 e. The Morgan fingerprint density at radius 2 is 1.76 bits per heavy atom. The highest BCUT2D eigenvalue weighted by Crippen LogP contribution is 2.27. The van der Waals surface area contributed by atoms with E-state index < -0.39 is 10.0 Å². The van der Waals surface area contributed by atoms with Gasteiger partial charge in [-0.3, -0.25) is 4.79 Å². The molecule has 0 spiro atoms. The maximum atomic E-state index is 13.1. The number of carbonyl (C=O) groups is 1. The molecule has 1 aliphatic heterocycles. The Morgan fingerprint density at radius 3 is 2.47 bits per heavy atom. The fourth-order valence-corrected chi connectivity index (χ4v) is 6.24. The number of aromatic nitrogens is 1. The number of nitriles is 1. The smallest absolute Gasteiger partial charge is 0.253 e. The first-order valence-electron chi connectivity index (χ1n) is 11.9. The van der Waals surface area contributed by atoms with Crippen molar-refractivity contribution in [3.63, 3.8) is 0 Å². The molecule has 2 aliphatic rings. The van der Waals surface area contributed by atoms with Crippen LogP contribution in [-0.4, -0.2) is 67.8 Å². The van der Waals surface area contributed by atoms with E-state index in [9.17, 15) is 18.5 Å². The van der Waals surface area contributed by atoms with Crippen LogP contribution in [0.1, 0.15) is 54.4 Å². The lowest BCUT2D eigenvalue weighted by Gasteiger charge is -2.30. The predicted octanol–water partition coefficient (Wildman–Crippen LogP) is 3.26. The normalized spacial score (nSPS) is 17.9. The second kappa shape index (κ2) is 10.5. The van der Waals surface area contributed by atoms with Gasteiger partial charge in [0.15, 0.2) is 0 Å². The number of hydrogen-bond donors (Lipinski definition) is 0. The average Bonchev–Trinajstić information content (AvgIpc) is 3.14. The summed E-state index contributed by atoms with van der Waals surface area (Å²) in [7, 11) is -1.93. The second-order valence-corrected chi connectivity index (χ2v) is 11.0. The number of hydrogen-bond acceptors (Lipinski definition) is 6. The first kappa shape index (κ1) is 24.2. The fraction of sp³-hybridized carbons (Fsp3) is 0.480. The molecule has 2 heterocycles. The van der Waals surface area contributed by atoms with Crippen molar-refractivity contribution in [2.24, 2.45) is 0 Å². The van der Waals surface area contributed by atoms with E-state index >= 15 is 0 Å². The lowest BCUT2D eigenvalue weighted by atomic mass is 9.96. The number of pyridine rings is 1. The van der Waals surface area contributed by atoms with Crippen LogP contribution < -0.4 is 4.90 Å². The molecule has 1 aromatic carbocycles. The Balaban J connectivity index is 1.43. The second-order valence-electron chi connectivity index (χ2n) is 8.96. The van der Waals surface area contributed by atoms with Crippen LogP contribution >= 0.6 is 0 Å². The summed E-state index contributed by atoms with van der Waals surface area (Å²) in [5.74, 6) is 0.531. The molecule has 1 aromatic heterocycles. The molecule has 180 valence electrons. The molecule has 1 amide bonds. The van der Waals surface area contributed by atoms with Gasteiger partial charge in [-0.2, -0.15) is 9.57 Å². The van der Waals surface area contributed by atoms with Gasteiger partial charge in [0.05, 0.1) is 10.5 Å². The number of nitrogens with zero attached hydrogens (tertiary/aromatic N) is 5. The molecule has 1 aliphatic carbocycles. The van der Waals surface area contributed by atoms with Crippen molar-refractivity contribution in [1.29, 1.82) is 5.26 Å². The van der Waals surface area contributed by atoms with Crippen molar-refractivity contribution < 1.29 is 13.2 Å². The minimum atomic E-state index is -3.59. The number of benzene rings is 1. The van der Waals surface area contributed by atoms with Crippen LogP contribution in [0.4, 0.5) is 5.82 Å². The third-order valence-corrected chi connectivity index (χ3v) is 8.78. The van der Waals surface area contributed by atoms with Gasteiger partial charge < -0.3 is 9.80 Å². The molecule has 0 unspecified atom stereocenters. The Labute approximate surface area is 201 Å². The molecule has 0 bridgehead atoms. The number of rotatable bonds is 5. The quantitative estimate of drug-likeness (QED) is 0.650. The third kappa shape index (κ3) is 5.08. The molecule has 2 fully saturated rings. The van der Waals surface area contributed by atoms with Gasteiger partial charge in [0.2, 0.25) is 10.0 Å². The molecule has 1 saturated heterocycles. The Hall–Kier alpha value is -2.96. The number of anilines is 1. The summed E-state index contributed by atoms with van der Waals surface area (Å²) in [4.78, 5) is 21.6. The number of carbonyl (C=O) groups excluding carboxylic acids is 1. The summed E-state index contributed by atoms with van der Waals surface area (Å²) in [6.45, 7) is 2.38. The Morgan fingerprint density at radius 1 is 1.03 bits per heavy atom. The van der Waals surface area contributed by atoms with Crippen molar-refractivity contribution in [2.75, 3.05) is 38.1 Å². The van der Waals surface area contributed by atoms with Crippen LogP contribution in [0.15, 0.2) is 47.5 Å². The Bertz CT molecular complexity index is 1150. The summed E-state index contributed by atoms with van der Waals surface area (Å²) >= 11 is 0.